The van der Waals surface area contributed by atoms with E-state index in [1.807, 2.05) is 27.7 Å². The summed E-state index contributed by atoms with van der Waals surface area (Å²) in [6, 6.07) is 0.846. The van der Waals surface area contributed by atoms with E-state index in [1.54, 1.807) is 0 Å². The highest BCUT2D eigenvalue weighted by Crippen LogP contribution is 2.27. The van der Waals surface area contributed by atoms with Crippen molar-refractivity contribution in [2.75, 3.05) is 53.9 Å². The molecule has 0 atom stereocenters. The number of rotatable bonds is 3. The predicted octanol–water partition coefficient (Wildman–Crippen LogP) is 3.41. The molecule has 3 heteroatoms. The van der Waals surface area contributed by atoms with Gasteiger partial charge in [-0.3, -0.25) is 0 Å². The van der Waals surface area contributed by atoms with Crippen LogP contribution in [0, 0.1) is 5.92 Å². The minimum atomic E-state index is 0.846. The fourth-order valence-electron chi connectivity index (χ4n) is 3.24. The number of nitrogens with zero attached hydrogens (tertiary/aromatic N) is 3. The lowest BCUT2D eigenvalue weighted by molar-refractivity contribution is 0.111. The summed E-state index contributed by atoms with van der Waals surface area (Å²) in [6.07, 6.45) is 5.70. The first-order valence-electron chi connectivity index (χ1n) is 9.22. The maximum absolute atomic E-state index is 2.68. The highest BCUT2D eigenvalue weighted by Gasteiger charge is 2.24. The van der Waals surface area contributed by atoms with Crippen molar-refractivity contribution in [3.8, 4) is 0 Å². The standard InChI is InChI=1S/C14H29N3.2C2H6/c1-15(2)14-6-4-13(5-7-14)12-17-10-8-16(3)9-11-17;2*1-2/h13-14H,4-12H2,1-3H3;2*1-2H3. The van der Waals surface area contributed by atoms with Gasteiger partial charge in [0.1, 0.15) is 0 Å². The van der Waals surface area contributed by atoms with Gasteiger partial charge < -0.3 is 14.7 Å². The van der Waals surface area contributed by atoms with Crippen molar-refractivity contribution in [2.45, 2.75) is 59.4 Å². The van der Waals surface area contributed by atoms with Gasteiger partial charge in [-0.25, -0.2) is 0 Å². The number of likely N-dealkylation sites (N-methyl/N-ethyl adjacent to an activating group) is 1. The van der Waals surface area contributed by atoms with E-state index >= 15 is 0 Å². The second-order valence-electron chi connectivity index (χ2n) is 6.24. The van der Waals surface area contributed by atoms with Crippen LogP contribution in [0.3, 0.4) is 0 Å². The van der Waals surface area contributed by atoms with E-state index in [0.29, 0.717) is 0 Å². The highest BCUT2D eigenvalue weighted by molar-refractivity contribution is 4.80. The monoisotopic (exact) mass is 299 g/mol. The summed E-state index contributed by atoms with van der Waals surface area (Å²) >= 11 is 0. The van der Waals surface area contributed by atoms with Crippen molar-refractivity contribution in [2.24, 2.45) is 5.92 Å². The van der Waals surface area contributed by atoms with Crippen molar-refractivity contribution in [3.63, 3.8) is 0 Å². The molecule has 2 aliphatic rings. The van der Waals surface area contributed by atoms with Crippen molar-refractivity contribution >= 4 is 0 Å². The molecule has 0 amide bonds. The van der Waals surface area contributed by atoms with E-state index in [9.17, 15) is 0 Å². The van der Waals surface area contributed by atoms with Crippen LogP contribution in [0.25, 0.3) is 0 Å². The first kappa shape index (κ1) is 20.9. The second-order valence-corrected chi connectivity index (χ2v) is 6.24. The lowest BCUT2D eigenvalue weighted by Crippen LogP contribution is -2.46. The minimum absolute atomic E-state index is 0.846. The minimum Gasteiger partial charge on any atom is -0.306 e. The Bertz CT molecular complexity index is 215. The number of piperazine rings is 1. The van der Waals surface area contributed by atoms with E-state index in [0.717, 1.165) is 12.0 Å². The zero-order valence-corrected chi connectivity index (χ0v) is 15.9. The number of hydrogen-bond acceptors (Lipinski definition) is 3. The molecule has 0 unspecified atom stereocenters. The van der Waals surface area contributed by atoms with Gasteiger partial charge in [-0.05, 0) is 52.7 Å². The average Bonchev–Trinajstić information content (AvgIpc) is 2.54. The molecule has 0 radical (unpaired) electrons. The lowest BCUT2D eigenvalue weighted by atomic mass is 9.85. The summed E-state index contributed by atoms with van der Waals surface area (Å²) in [5, 5.41) is 0. The van der Waals surface area contributed by atoms with Crippen LogP contribution in [0.2, 0.25) is 0 Å². The molecule has 3 nitrogen and oxygen atoms in total. The Kier molecular flexibility index (Phi) is 12.4. The second kappa shape index (κ2) is 12.4. The van der Waals surface area contributed by atoms with Crippen LogP contribution in [0.1, 0.15) is 53.4 Å². The maximum atomic E-state index is 2.68. The van der Waals surface area contributed by atoms with Gasteiger partial charge in [0.2, 0.25) is 0 Å². The maximum Gasteiger partial charge on any atom is 0.0110 e. The quantitative estimate of drug-likeness (QED) is 0.791. The molecule has 0 bridgehead atoms. The van der Waals surface area contributed by atoms with Crippen LogP contribution in [0.5, 0.6) is 0 Å². The van der Waals surface area contributed by atoms with Crippen LogP contribution in [0.4, 0.5) is 0 Å². The lowest BCUT2D eigenvalue weighted by Gasteiger charge is -2.38. The Morgan fingerprint density at radius 2 is 1.29 bits per heavy atom. The van der Waals surface area contributed by atoms with E-state index in [1.165, 1.54) is 58.4 Å². The van der Waals surface area contributed by atoms with Gasteiger partial charge in [0.05, 0.1) is 0 Å². The third-order valence-electron chi connectivity index (χ3n) is 4.66. The molecule has 2 fully saturated rings. The summed E-state index contributed by atoms with van der Waals surface area (Å²) in [4.78, 5) is 7.53. The summed E-state index contributed by atoms with van der Waals surface area (Å²) in [5.41, 5.74) is 0. The Balaban J connectivity index is 0.000000921. The largest absolute Gasteiger partial charge is 0.306 e. The smallest absolute Gasteiger partial charge is 0.0110 e. The molecular formula is C18H41N3. The Morgan fingerprint density at radius 1 is 0.810 bits per heavy atom. The molecule has 1 saturated heterocycles. The first-order chi connectivity index (χ1) is 10.1. The molecule has 0 N–H and O–H groups in total. The van der Waals surface area contributed by atoms with Crippen molar-refractivity contribution in [3.05, 3.63) is 0 Å². The third-order valence-corrected chi connectivity index (χ3v) is 4.66. The van der Waals surface area contributed by atoms with Gasteiger partial charge >= 0.3 is 0 Å². The molecule has 2 rings (SSSR count). The summed E-state index contributed by atoms with van der Waals surface area (Å²) in [5.74, 6) is 0.967. The molecule has 1 aliphatic heterocycles. The van der Waals surface area contributed by atoms with Crippen LogP contribution in [0.15, 0.2) is 0 Å². The van der Waals surface area contributed by atoms with Crippen LogP contribution in [-0.4, -0.2) is 74.6 Å². The molecule has 0 aromatic heterocycles. The Labute approximate surface area is 134 Å². The van der Waals surface area contributed by atoms with E-state index in [4.69, 9.17) is 0 Å². The molecule has 21 heavy (non-hydrogen) atoms. The van der Waals surface area contributed by atoms with E-state index < -0.39 is 0 Å². The van der Waals surface area contributed by atoms with Gasteiger partial charge in [-0.2, -0.15) is 0 Å². The molecule has 1 aliphatic carbocycles. The molecule has 1 saturated carbocycles. The van der Waals surface area contributed by atoms with Gasteiger partial charge in [0, 0.05) is 38.8 Å². The van der Waals surface area contributed by atoms with E-state index in [-0.39, 0.29) is 0 Å². The zero-order chi connectivity index (χ0) is 16.3. The Morgan fingerprint density at radius 3 is 1.71 bits per heavy atom. The zero-order valence-electron chi connectivity index (χ0n) is 15.9. The average molecular weight is 300 g/mol. The SMILES string of the molecule is CC.CC.CN1CCN(CC2CCC(N(C)C)CC2)CC1. The molecule has 0 aromatic rings. The number of hydrogen-bond donors (Lipinski definition) is 0. The fourth-order valence-corrected chi connectivity index (χ4v) is 3.24. The normalized spacial score (nSPS) is 27.4. The summed E-state index contributed by atoms with van der Waals surface area (Å²) in [7, 11) is 6.69. The molecule has 0 spiro atoms. The van der Waals surface area contributed by atoms with Gasteiger partial charge in [0.15, 0.2) is 0 Å². The Hall–Kier alpha value is -0.120. The van der Waals surface area contributed by atoms with Crippen molar-refractivity contribution < 1.29 is 0 Å². The third kappa shape index (κ3) is 8.18. The summed E-state index contributed by atoms with van der Waals surface area (Å²) in [6.45, 7) is 14.4. The summed E-state index contributed by atoms with van der Waals surface area (Å²) < 4.78 is 0. The van der Waals surface area contributed by atoms with Crippen LogP contribution < -0.4 is 0 Å². The van der Waals surface area contributed by atoms with E-state index in [2.05, 4.69) is 35.8 Å². The predicted molar refractivity (Wildman–Crippen MR) is 96.1 cm³/mol. The fraction of sp³-hybridized carbons (Fsp3) is 1.00. The molecule has 0 aromatic carbocycles. The van der Waals surface area contributed by atoms with Crippen molar-refractivity contribution in [1.82, 2.24) is 14.7 Å². The first-order valence-corrected chi connectivity index (χ1v) is 9.22. The highest BCUT2D eigenvalue weighted by atomic mass is 15.2. The molecule has 1 heterocycles. The van der Waals surface area contributed by atoms with Gasteiger partial charge in [-0.15, -0.1) is 0 Å². The molecular weight excluding hydrogens is 258 g/mol. The van der Waals surface area contributed by atoms with Crippen LogP contribution in [-0.2, 0) is 0 Å². The van der Waals surface area contributed by atoms with Crippen molar-refractivity contribution in [1.29, 1.82) is 0 Å². The van der Waals surface area contributed by atoms with Gasteiger partial charge in [-0.1, -0.05) is 27.7 Å². The van der Waals surface area contributed by atoms with Crippen LogP contribution >= 0.6 is 0 Å². The van der Waals surface area contributed by atoms with Gasteiger partial charge in [0.25, 0.3) is 0 Å². The molecule has 128 valence electrons. The topological polar surface area (TPSA) is 9.72 Å².